The molecule has 2 aromatic rings. The fraction of sp³-hybridized carbons (Fsp3) is 0.375. The molecule has 0 saturated carbocycles. The second-order valence-electron chi connectivity index (χ2n) is 4.95. The van der Waals surface area contributed by atoms with Gasteiger partial charge in [0.2, 0.25) is 0 Å². The van der Waals surface area contributed by atoms with E-state index in [0.29, 0.717) is 6.61 Å². The standard InChI is InChI=1S/C16H21NO4/c1-17(2)13-5-3-6-15(9-13)21-11-14(18)10-19-12-16-7-4-8-20-16/h3-9,14,18H,10-12H2,1-2H3. The fourth-order valence-corrected chi connectivity index (χ4v) is 1.78. The molecule has 0 saturated heterocycles. The van der Waals surface area contributed by atoms with Crippen LogP contribution in [0.1, 0.15) is 5.76 Å². The Morgan fingerprint density at radius 1 is 1.19 bits per heavy atom. The smallest absolute Gasteiger partial charge is 0.129 e. The Bertz CT molecular complexity index is 525. The lowest BCUT2D eigenvalue weighted by Gasteiger charge is -2.15. The van der Waals surface area contributed by atoms with Gasteiger partial charge in [-0.05, 0) is 24.3 Å². The van der Waals surface area contributed by atoms with Gasteiger partial charge in [-0.2, -0.15) is 0 Å². The largest absolute Gasteiger partial charge is 0.491 e. The molecular weight excluding hydrogens is 270 g/mol. The molecule has 0 amide bonds. The average molecular weight is 291 g/mol. The van der Waals surface area contributed by atoms with Gasteiger partial charge in [0.25, 0.3) is 0 Å². The third-order valence-corrected chi connectivity index (χ3v) is 2.91. The first-order chi connectivity index (χ1) is 10.1. The lowest BCUT2D eigenvalue weighted by Crippen LogP contribution is -2.23. The van der Waals surface area contributed by atoms with Crippen LogP contribution < -0.4 is 9.64 Å². The maximum absolute atomic E-state index is 9.83. The number of anilines is 1. The van der Waals surface area contributed by atoms with Gasteiger partial charge in [0, 0.05) is 25.8 Å². The predicted octanol–water partition coefficient (Wildman–Crippen LogP) is 2.30. The summed E-state index contributed by atoms with van der Waals surface area (Å²) in [4.78, 5) is 2.00. The van der Waals surface area contributed by atoms with Gasteiger partial charge in [0.15, 0.2) is 0 Å². The van der Waals surface area contributed by atoms with E-state index in [1.807, 2.05) is 49.3 Å². The first kappa shape index (κ1) is 15.4. The van der Waals surface area contributed by atoms with E-state index in [1.54, 1.807) is 12.3 Å². The van der Waals surface area contributed by atoms with Crippen molar-refractivity contribution in [1.82, 2.24) is 0 Å². The topological polar surface area (TPSA) is 55.1 Å². The van der Waals surface area contributed by atoms with Crippen LogP contribution in [0.4, 0.5) is 5.69 Å². The molecule has 0 fully saturated rings. The van der Waals surface area contributed by atoms with Crippen molar-refractivity contribution < 1.29 is 19.0 Å². The van der Waals surface area contributed by atoms with Crippen molar-refractivity contribution in [3.8, 4) is 5.75 Å². The summed E-state index contributed by atoms with van der Waals surface area (Å²) >= 11 is 0. The third kappa shape index (κ3) is 5.13. The zero-order chi connectivity index (χ0) is 15.1. The van der Waals surface area contributed by atoms with Gasteiger partial charge >= 0.3 is 0 Å². The molecule has 1 heterocycles. The second kappa shape index (κ2) is 7.71. The number of hydrogen-bond acceptors (Lipinski definition) is 5. The minimum absolute atomic E-state index is 0.190. The van der Waals surface area contributed by atoms with Crippen molar-refractivity contribution >= 4 is 5.69 Å². The van der Waals surface area contributed by atoms with E-state index in [2.05, 4.69) is 0 Å². The minimum atomic E-state index is -0.678. The molecule has 2 rings (SSSR count). The van der Waals surface area contributed by atoms with E-state index in [9.17, 15) is 5.11 Å². The van der Waals surface area contributed by atoms with Crippen LogP contribution >= 0.6 is 0 Å². The zero-order valence-corrected chi connectivity index (χ0v) is 12.4. The number of nitrogens with zero attached hydrogens (tertiary/aromatic N) is 1. The SMILES string of the molecule is CN(C)c1cccc(OCC(O)COCc2ccco2)c1. The highest BCUT2D eigenvalue weighted by Gasteiger charge is 2.07. The first-order valence-corrected chi connectivity index (χ1v) is 6.83. The summed E-state index contributed by atoms with van der Waals surface area (Å²) < 4.78 is 16.1. The molecule has 0 radical (unpaired) electrons. The van der Waals surface area contributed by atoms with Crippen LogP contribution in [0.5, 0.6) is 5.75 Å². The van der Waals surface area contributed by atoms with Crippen LogP contribution in [0.15, 0.2) is 47.1 Å². The maximum Gasteiger partial charge on any atom is 0.129 e. The first-order valence-electron chi connectivity index (χ1n) is 6.83. The van der Waals surface area contributed by atoms with E-state index >= 15 is 0 Å². The molecule has 1 aromatic heterocycles. The Hall–Kier alpha value is -1.98. The molecule has 0 aliphatic heterocycles. The maximum atomic E-state index is 9.83. The highest BCUT2D eigenvalue weighted by atomic mass is 16.5. The summed E-state index contributed by atoms with van der Waals surface area (Å²) in [6.07, 6.45) is 0.915. The van der Waals surface area contributed by atoms with Gasteiger partial charge in [0.05, 0.1) is 12.9 Å². The van der Waals surface area contributed by atoms with Crippen LogP contribution in [0.3, 0.4) is 0 Å². The van der Waals surface area contributed by atoms with E-state index < -0.39 is 6.10 Å². The zero-order valence-electron chi connectivity index (χ0n) is 12.4. The molecule has 1 atom stereocenters. The highest BCUT2D eigenvalue weighted by Crippen LogP contribution is 2.19. The number of rotatable bonds is 8. The summed E-state index contributed by atoms with van der Waals surface area (Å²) in [5.74, 6) is 1.47. The monoisotopic (exact) mass is 291 g/mol. The van der Waals surface area contributed by atoms with Crippen molar-refractivity contribution in [2.24, 2.45) is 0 Å². The van der Waals surface area contributed by atoms with Crippen LogP contribution in [0.25, 0.3) is 0 Å². The Morgan fingerprint density at radius 2 is 2.05 bits per heavy atom. The molecule has 0 aliphatic carbocycles. The summed E-state index contributed by atoms with van der Waals surface area (Å²) in [6.45, 7) is 0.739. The van der Waals surface area contributed by atoms with Crippen LogP contribution in [-0.4, -0.2) is 38.5 Å². The van der Waals surface area contributed by atoms with Crippen LogP contribution in [-0.2, 0) is 11.3 Å². The van der Waals surface area contributed by atoms with Crippen LogP contribution in [0.2, 0.25) is 0 Å². The lowest BCUT2D eigenvalue weighted by molar-refractivity contribution is 0.000886. The summed E-state index contributed by atoms with van der Waals surface area (Å²) in [7, 11) is 3.94. The van der Waals surface area contributed by atoms with Gasteiger partial charge in [-0.15, -0.1) is 0 Å². The molecule has 1 aromatic carbocycles. The molecule has 0 bridgehead atoms. The molecule has 1 unspecified atom stereocenters. The minimum Gasteiger partial charge on any atom is -0.491 e. The third-order valence-electron chi connectivity index (χ3n) is 2.91. The van der Waals surface area contributed by atoms with Crippen molar-refractivity contribution in [3.05, 3.63) is 48.4 Å². The van der Waals surface area contributed by atoms with Gasteiger partial charge in [-0.25, -0.2) is 0 Å². The van der Waals surface area contributed by atoms with Crippen molar-refractivity contribution in [1.29, 1.82) is 0 Å². The highest BCUT2D eigenvalue weighted by molar-refractivity contribution is 5.49. The lowest BCUT2D eigenvalue weighted by atomic mass is 10.3. The molecule has 5 nitrogen and oxygen atoms in total. The number of aliphatic hydroxyl groups excluding tert-OH is 1. The van der Waals surface area contributed by atoms with Gasteiger partial charge < -0.3 is 23.9 Å². The molecule has 0 aliphatic rings. The molecule has 114 valence electrons. The number of benzene rings is 1. The second-order valence-corrected chi connectivity index (χ2v) is 4.95. The molecule has 21 heavy (non-hydrogen) atoms. The molecule has 1 N–H and O–H groups in total. The average Bonchev–Trinajstić information content (AvgIpc) is 2.99. The molecule has 0 spiro atoms. The quantitative estimate of drug-likeness (QED) is 0.809. The molecule has 5 heteroatoms. The Morgan fingerprint density at radius 3 is 2.76 bits per heavy atom. The van der Waals surface area contributed by atoms with E-state index in [0.717, 1.165) is 17.2 Å². The van der Waals surface area contributed by atoms with Crippen LogP contribution in [0, 0.1) is 0 Å². The van der Waals surface area contributed by atoms with E-state index in [4.69, 9.17) is 13.9 Å². The molecular formula is C16H21NO4. The summed E-state index contributed by atoms with van der Waals surface area (Å²) in [6, 6.07) is 11.3. The van der Waals surface area contributed by atoms with E-state index in [-0.39, 0.29) is 13.2 Å². The number of aliphatic hydroxyl groups is 1. The van der Waals surface area contributed by atoms with Gasteiger partial charge in [-0.3, -0.25) is 0 Å². The van der Waals surface area contributed by atoms with Gasteiger partial charge in [-0.1, -0.05) is 6.07 Å². The Labute approximate surface area is 124 Å². The van der Waals surface area contributed by atoms with Gasteiger partial charge in [0.1, 0.15) is 30.8 Å². The number of ether oxygens (including phenoxy) is 2. The Kier molecular flexibility index (Phi) is 5.66. The van der Waals surface area contributed by atoms with E-state index in [1.165, 1.54) is 0 Å². The van der Waals surface area contributed by atoms with Crippen molar-refractivity contribution in [2.45, 2.75) is 12.7 Å². The normalized spacial score (nSPS) is 12.1. The van der Waals surface area contributed by atoms with Crippen molar-refractivity contribution in [2.75, 3.05) is 32.2 Å². The number of furan rings is 1. The predicted molar refractivity (Wildman–Crippen MR) is 80.6 cm³/mol. The Balaban J connectivity index is 1.70. The van der Waals surface area contributed by atoms with Crippen molar-refractivity contribution in [3.63, 3.8) is 0 Å². The number of hydrogen-bond donors (Lipinski definition) is 1. The fourth-order valence-electron chi connectivity index (χ4n) is 1.78. The summed E-state index contributed by atoms with van der Waals surface area (Å²) in [5, 5.41) is 9.83. The summed E-state index contributed by atoms with van der Waals surface area (Å²) in [5.41, 5.74) is 1.05.